The highest BCUT2D eigenvalue weighted by Gasteiger charge is 2.18. The summed E-state index contributed by atoms with van der Waals surface area (Å²) in [5.41, 5.74) is 8.86. The van der Waals surface area contributed by atoms with Gasteiger partial charge in [0, 0.05) is 18.3 Å². The molecule has 0 bridgehead atoms. The van der Waals surface area contributed by atoms with Crippen LogP contribution in [0.3, 0.4) is 0 Å². The van der Waals surface area contributed by atoms with E-state index in [0.29, 0.717) is 12.2 Å². The van der Waals surface area contributed by atoms with Crippen LogP contribution in [0.15, 0.2) is 66.9 Å². The van der Waals surface area contributed by atoms with E-state index in [-0.39, 0.29) is 12.5 Å². The van der Waals surface area contributed by atoms with Crippen LogP contribution in [0.25, 0.3) is 6.08 Å². The van der Waals surface area contributed by atoms with E-state index in [0.717, 1.165) is 30.6 Å². The Hall–Kier alpha value is -3.94. The van der Waals surface area contributed by atoms with Crippen molar-refractivity contribution >= 4 is 23.6 Å². The first kappa shape index (κ1) is 20.3. The second kappa shape index (κ2) is 9.71. The Balaban J connectivity index is 1.24. The number of anilines is 1. The molecule has 2 N–H and O–H groups in total. The molecule has 4 rings (SSSR count). The maximum Gasteiger partial charge on any atom is 0.262 e. The fourth-order valence-corrected chi connectivity index (χ4v) is 3.56. The molecule has 158 valence electrons. The molecule has 0 aliphatic carbocycles. The summed E-state index contributed by atoms with van der Waals surface area (Å²) in [7, 11) is 0. The first-order chi connectivity index (χ1) is 15.2. The summed E-state index contributed by atoms with van der Waals surface area (Å²) in [5, 5.41) is 8.09. The Morgan fingerprint density at radius 2 is 1.84 bits per heavy atom. The predicted octanol–water partition coefficient (Wildman–Crippen LogP) is 1.94. The fraction of sp³-hybridized carbons (Fsp3) is 0.217. The Bertz CT molecular complexity index is 1080. The lowest BCUT2D eigenvalue weighted by Gasteiger charge is -2.30. The zero-order valence-corrected chi connectivity index (χ0v) is 17.1. The number of nitrogens with one attached hydrogen (secondary N) is 2. The van der Waals surface area contributed by atoms with Gasteiger partial charge in [-0.2, -0.15) is 0 Å². The van der Waals surface area contributed by atoms with Crippen molar-refractivity contribution in [2.24, 2.45) is 0 Å². The van der Waals surface area contributed by atoms with Gasteiger partial charge in [0.15, 0.2) is 0 Å². The summed E-state index contributed by atoms with van der Waals surface area (Å²) in [4.78, 5) is 26.3. The van der Waals surface area contributed by atoms with E-state index < -0.39 is 5.91 Å². The first-order valence-electron chi connectivity index (χ1n) is 10.2. The van der Waals surface area contributed by atoms with Crippen molar-refractivity contribution in [1.29, 1.82) is 0 Å². The number of hydrogen-bond acceptors (Lipinski definition) is 5. The first-order valence-corrected chi connectivity index (χ1v) is 10.2. The molecule has 0 unspecified atom stereocenters. The van der Waals surface area contributed by atoms with Crippen LogP contribution < -0.4 is 15.8 Å². The molecule has 1 aromatic heterocycles. The van der Waals surface area contributed by atoms with Gasteiger partial charge in [-0.3, -0.25) is 20.4 Å². The third-order valence-electron chi connectivity index (χ3n) is 5.02. The number of fused-ring (bicyclic) bond motifs is 1. The second-order valence-corrected chi connectivity index (χ2v) is 7.35. The molecule has 0 radical (unpaired) electrons. The lowest BCUT2D eigenvalue weighted by molar-refractivity contribution is -0.125. The van der Waals surface area contributed by atoms with E-state index in [1.54, 1.807) is 17.0 Å². The van der Waals surface area contributed by atoms with Crippen LogP contribution in [0.4, 0.5) is 5.69 Å². The normalized spacial score (nSPS) is 13.1. The molecule has 2 amide bonds. The fourth-order valence-electron chi connectivity index (χ4n) is 3.56. The Kier molecular flexibility index (Phi) is 6.37. The molecule has 31 heavy (non-hydrogen) atoms. The predicted molar refractivity (Wildman–Crippen MR) is 118 cm³/mol. The summed E-state index contributed by atoms with van der Waals surface area (Å²) < 4.78 is 1.70. The smallest absolute Gasteiger partial charge is 0.262 e. The quantitative estimate of drug-likeness (QED) is 0.473. The minimum absolute atomic E-state index is 0.189. The van der Waals surface area contributed by atoms with Crippen molar-refractivity contribution in [2.75, 3.05) is 18.0 Å². The summed E-state index contributed by atoms with van der Waals surface area (Å²) >= 11 is 0. The molecular weight excluding hydrogens is 392 g/mol. The molecule has 0 saturated carbocycles. The largest absolute Gasteiger partial charge is 0.362 e. The Labute approximate surface area is 180 Å². The molecule has 1 aliphatic heterocycles. The highest BCUT2D eigenvalue weighted by molar-refractivity contribution is 5.93. The van der Waals surface area contributed by atoms with Crippen LogP contribution in [0, 0.1) is 0 Å². The minimum atomic E-state index is -0.440. The number of hydrazine groups is 1. The Morgan fingerprint density at radius 1 is 1.03 bits per heavy atom. The second-order valence-electron chi connectivity index (χ2n) is 7.35. The maximum absolute atomic E-state index is 12.3. The van der Waals surface area contributed by atoms with E-state index in [4.69, 9.17) is 0 Å². The number of carbonyl (C=O) groups is 2. The van der Waals surface area contributed by atoms with Crippen molar-refractivity contribution < 1.29 is 9.59 Å². The molecule has 2 heterocycles. The number of aryl methyl sites for hydroxylation is 1. The van der Waals surface area contributed by atoms with Gasteiger partial charge < -0.3 is 4.90 Å². The standard InChI is InChI=1S/C23H24N6O2/c30-22(13-12-20-16-29(27-24-20)15-18-7-2-1-3-8-18)25-26-23(31)17-28-14-6-10-19-9-4-5-11-21(19)28/h1-5,7-9,11-13,16H,6,10,14-15,17H2,(H,25,30)(H,26,31)/b13-12+. The molecular formula is C23H24N6O2. The van der Waals surface area contributed by atoms with Gasteiger partial charge in [0.25, 0.3) is 11.8 Å². The topological polar surface area (TPSA) is 92.1 Å². The summed E-state index contributed by atoms with van der Waals surface area (Å²) in [6.07, 6.45) is 6.64. The van der Waals surface area contributed by atoms with E-state index in [2.05, 4.69) is 27.2 Å². The number of rotatable bonds is 6. The van der Waals surface area contributed by atoms with Gasteiger partial charge in [-0.25, -0.2) is 4.68 Å². The number of carbonyl (C=O) groups excluding carboxylic acids is 2. The van der Waals surface area contributed by atoms with E-state index in [9.17, 15) is 9.59 Å². The van der Waals surface area contributed by atoms with Gasteiger partial charge in [-0.1, -0.05) is 53.7 Å². The number of aromatic nitrogens is 3. The van der Waals surface area contributed by atoms with Gasteiger partial charge in [-0.15, -0.1) is 5.10 Å². The van der Waals surface area contributed by atoms with Gasteiger partial charge in [-0.05, 0) is 36.1 Å². The summed E-state index contributed by atoms with van der Waals surface area (Å²) in [5.74, 6) is -0.711. The van der Waals surface area contributed by atoms with Crippen LogP contribution in [0.2, 0.25) is 0 Å². The SMILES string of the molecule is O=C(/C=C/c1cn(Cc2ccccc2)nn1)NNC(=O)CN1CCCc2ccccc21. The summed E-state index contributed by atoms with van der Waals surface area (Å²) in [6, 6.07) is 18.0. The molecule has 2 aromatic carbocycles. The molecule has 0 saturated heterocycles. The third-order valence-corrected chi connectivity index (χ3v) is 5.02. The Morgan fingerprint density at radius 3 is 2.71 bits per heavy atom. The van der Waals surface area contributed by atoms with Crippen LogP contribution in [0.5, 0.6) is 0 Å². The van der Waals surface area contributed by atoms with Crippen LogP contribution >= 0.6 is 0 Å². The van der Waals surface area contributed by atoms with E-state index in [1.165, 1.54) is 11.6 Å². The van der Waals surface area contributed by atoms with Crippen molar-refractivity contribution in [1.82, 2.24) is 25.8 Å². The highest BCUT2D eigenvalue weighted by Crippen LogP contribution is 2.26. The van der Waals surface area contributed by atoms with Crippen LogP contribution in [0.1, 0.15) is 23.2 Å². The van der Waals surface area contributed by atoms with E-state index >= 15 is 0 Å². The number of nitrogens with zero attached hydrogens (tertiary/aromatic N) is 4. The van der Waals surface area contributed by atoms with Crippen LogP contribution in [-0.2, 0) is 22.6 Å². The lowest BCUT2D eigenvalue weighted by Crippen LogP contribution is -2.47. The maximum atomic E-state index is 12.3. The van der Waals surface area contributed by atoms with Gasteiger partial charge in [0.05, 0.1) is 19.3 Å². The van der Waals surface area contributed by atoms with Gasteiger partial charge >= 0.3 is 0 Å². The lowest BCUT2D eigenvalue weighted by atomic mass is 10.0. The number of para-hydroxylation sites is 1. The molecule has 3 aromatic rings. The minimum Gasteiger partial charge on any atom is -0.362 e. The van der Waals surface area contributed by atoms with Crippen molar-refractivity contribution in [2.45, 2.75) is 19.4 Å². The van der Waals surface area contributed by atoms with Crippen molar-refractivity contribution in [3.8, 4) is 0 Å². The number of hydrogen-bond donors (Lipinski definition) is 2. The third kappa shape index (κ3) is 5.57. The van der Waals surface area contributed by atoms with Crippen LogP contribution in [-0.4, -0.2) is 39.9 Å². The van der Waals surface area contributed by atoms with Crippen molar-refractivity contribution in [3.63, 3.8) is 0 Å². The molecule has 0 atom stereocenters. The average molecular weight is 416 g/mol. The molecule has 8 nitrogen and oxygen atoms in total. The van der Waals surface area contributed by atoms with Crippen molar-refractivity contribution in [3.05, 3.63) is 83.7 Å². The molecule has 8 heteroatoms. The molecule has 1 aliphatic rings. The number of benzene rings is 2. The monoisotopic (exact) mass is 416 g/mol. The zero-order valence-electron chi connectivity index (χ0n) is 17.1. The zero-order chi connectivity index (χ0) is 21.5. The average Bonchev–Trinajstić information content (AvgIpc) is 3.24. The molecule has 0 fully saturated rings. The highest BCUT2D eigenvalue weighted by atomic mass is 16.2. The van der Waals surface area contributed by atoms with Gasteiger partial charge in [0.2, 0.25) is 0 Å². The molecule has 0 spiro atoms. The number of amides is 2. The van der Waals surface area contributed by atoms with E-state index in [1.807, 2.05) is 53.4 Å². The van der Waals surface area contributed by atoms with Gasteiger partial charge in [0.1, 0.15) is 5.69 Å². The summed E-state index contributed by atoms with van der Waals surface area (Å²) in [6.45, 7) is 1.61.